The summed E-state index contributed by atoms with van der Waals surface area (Å²) in [7, 11) is 0. The molecule has 0 spiro atoms. The normalized spacial score (nSPS) is 20.7. The Morgan fingerprint density at radius 1 is 1.47 bits per heavy atom. The number of fused-ring (bicyclic) bond motifs is 1. The fourth-order valence-electron chi connectivity index (χ4n) is 3.13. The van der Waals surface area contributed by atoms with Crippen molar-refractivity contribution in [2.75, 3.05) is 6.54 Å². The topological polar surface area (TPSA) is 20.5 Å². The molecular weight excluding hydrogens is 258 g/mol. The summed E-state index contributed by atoms with van der Waals surface area (Å²) in [5, 5.41) is 0.723. The Morgan fingerprint density at radius 2 is 2.32 bits per heavy atom. The van der Waals surface area contributed by atoms with E-state index in [-0.39, 0.29) is 0 Å². The summed E-state index contributed by atoms with van der Waals surface area (Å²) in [6, 6.07) is 5.09. The highest BCUT2D eigenvalue weighted by molar-refractivity contribution is 6.33. The van der Waals surface area contributed by atoms with Gasteiger partial charge in [0.15, 0.2) is 5.65 Å². The van der Waals surface area contributed by atoms with Crippen molar-refractivity contribution in [1.82, 2.24) is 14.3 Å². The Hall–Kier alpha value is -1.06. The maximum atomic E-state index is 6.17. The molecule has 0 aliphatic carbocycles. The summed E-state index contributed by atoms with van der Waals surface area (Å²) >= 11 is 6.17. The maximum Gasteiger partial charge on any atom is 0.155 e. The fraction of sp³-hybridized carbons (Fsp3) is 0.533. The van der Waals surface area contributed by atoms with Crippen molar-refractivity contribution in [2.45, 2.75) is 45.2 Å². The van der Waals surface area contributed by atoms with Crippen LogP contribution < -0.4 is 0 Å². The second kappa shape index (κ2) is 5.14. The van der Waals surface area contributed by atoms with Crippen LogP contribution in [-0.4, -0.2) is 32.9 Å². The van der Waals surface area contributed by atoms with Crippen LogP contribution in [0.2, 0.25) is 5.02 Å². The molecule has 2 aromatic rings. The van der Waals surface area contributed by atoms with Gasteiger partial charge in [0.2, 0.25) is 0 Å². The lowest BCUT2D eigenvalue weighted by atomic mass is 10.1. The molecule has 0 radical (unpaired) electrons. The molecule has 3 rings (SSSR count). The zero-order valence-corrected chi connectivity index (χ0v) is 12.3. The molecule has 1 atom stereocenters. The first-order chi connectivity index (χ1) is 9.15. The second-order valence-electron chi connectivity index (χ2n) is 5.65. The molecule has 3 heterocycles. The van der Waals surface area contributed by atoms with Crippen LogP contribution in [0.3, 0.4) is 0 Å². The number of halogens is 1. The molecule has 1 saturated heterocycles. The van der Waals surface area contributed by atoms with E-state index in [0.717, 1.165) is 22.8 Å². The summed E-state index contributed by atoms with van der Waals surface area (Å²) in [5.74, 6) is 0. The van der Waals surface area contributed by atoms with E-state index in [2.05, 4.69) is 29.9 Å². The summed E-state index contributed by atoms with van der Waals surface area (Å²) in [5.41, 5.74) is 2.01. The van der Waals surface area contributed by atoms with Crippen molar-refractivity contribution in [3.8, 4) is 0 Å². The number of likely N-dealkylation sites (tertiary alicyclic amines) is 1. The smallest absolute Gasteiger partial charge is 0.155 e. The minimum atomic E-state index is 0.619. The monoisotopic (exact) mass is 277 g/mol. The standard InChI is InChI=1S/C15H20ClN3/c1-11(2)19-8-3-5-13(19)9-12-10-18-7-4-6-14(16)15(18)17-12/h4,6-7,10-11,13H,3,5,8-9H2,1-2H3. The highest BCUT2D eigenvalue weighted by atomic mass is 35.5. The van der Waals surface area contributed by atoms with Gasteiger partial charge >= 0.3 is 0 Å². The minimum Gasteiger partial charge on any atom is -0.306 e. The van der Waals surface area contributed by atoms with Crippen LogP contribution in [0.1, 0.15) is 32.4 Å². The molecule has 102 valence electrons. The van der Waals surface area contributed by atoms with Gasteiger partial charge in [-0.05, 0) is 45.4 Å². The van der Waals surface area contributed by atoms with E-state index in [0.29, 0.717) is 12.1 Å². The number of pyridine rings is 1. The average molecular weight is 278 g/mol. The van der Waals surface area contributed by atoms with Crippen molar-refractivity contribution >= 4 is 17.2 Å². The van der Waals surface area contributed by atoms with Gasteiger partial charge < -0.3 is 4.40 Å². The molecule has 2 aromatic heterocycles. The van der Waals surface area contributed by atoms with Gasteiger partial charge in [0.1, 0.15) is 0 Å². The molecule has 1 unspecified atom stereocenters. The number of hydrogen-bond acceptors (Lipinski definition) is 2. The van der Waals surface area contributed by atoms with Crippen LogP contribution >= 0.6 is 11.6 Å². The Kier molecular flexibility index (Phi) is 3.50. The Bertz CT molecular complexity index is 576. The van der Waals surface area contributed by atoms with Crippen LogP contribution in [0.15, 0.2) is 24.5 Å². The molecule has 1 fully saturated rings. The van der Waals surface area contributed by atoms with Gasteiger partial charge in [-0.2, -0.15) is 0 Å². The summed E-state index contributed by atoms with van der Waals surface area (Å²) in [4.78, 5) is 7.26. The number of imidazole rings is 1. The maximum absolute atomic E-state index is 6.17. The fourth-order valence-corrected chi connectivity index (χ4v) is 3.34. The Labute approximate surface area is 119 Å². The van der Waals surface area contributed by atoms with Crippen molar-refractivity contribution in [2.24, 2.45) is 0 Å². The van der Waals surface area contributed by atoms with Crippen LogP contribution in [0, 0.1) is 0 Å². The lowest BCUT2D eigenvalue weighted by Crippen LogP contribution is -2.36. The average Bonchev–Trinajstić information content (AvgIpc) is 2.96. The van der Waals surface area contributed by atoms with E-state index in [9.17, 15) is 0 Å². The summed E-state index contributed by atoms with van der Waals surface area (Å²) in [6.07, 6.45) is 7.72. The van der Waals surface area contributed by atoms with Gasteiger partial charge in [0, 0.05) is 30.9 Å². The zero-order chi connectivity index (χ0) is 13.4. The van der Waals surface area contributed by atoms with Gasteiger partial charge in [-0.3, -0.25) is 4.90 Å². The highest BCUT2D eigenvalue weighted by Crippen LogP contribution is 2.24. The predicted octanol–water partition coefficient (Wildman–Crippen LogP) is 3.40. The third kappa shape index (κ3) is 2.49. The van der Waals surface area contributed by atoms with Gasteiger partial charge in [-0.1, -0.05) is 11.6 Å². The van der Waals surface area contributed by atoms with Crippen LogP contribution in [-0.2, 0) is 6.42 Å². The van der Waals surface area contributed by atoms with Crippen LogP contribution in [0.5, 0.6) is 0 Å². The van der Waals surface area contributed by atoms with E-state index in [1.807, 2.05) is 22.7 Å². The molecule has 3 nitrogen and oxygen atoms in total. The number of aromatic nitrogens is 2. The van der Waals surface area contributed by atoms with Gasteiger partial charge in [-0.25, -0.2) is 4.98 Å². The van der Waals surface area contributed by atoms with Crippen LogP contribution in [0.4, 0.5) is 0 Å². The molecule has 0 bridgehead atoms. The predicted molar refractivity (Wildman–Crippen MR) is 78.8 cm³/mol. The Balaban J connectivity index is 1.83. The summed E-state index contributed by atoms with van der Waals surface area (Å²) < 4.78 is 2.02. The largest absolute Gasteiger partial charge is 0.306 e. The van der Waals surface area contributed by atoms with Crippen molar-refractivity contribution in [3.63, 3.8) is 0 Å². The van der Waals surface area contributed by atoms with Gasteiger partial charge in [-0.15, -0.1) is 0 Å². The first-order valence-corrected chi connectivity index (χ1v) is 7.41. The lowest BCUT2D eigenvalue weighted by Gasteiger charge is -2.27. The minimum absolute atomic E-state index is 0.619. The Morgan fingerprint density at radius 3 is 3.05 bits per heavy atom. The number of hydrogen-bond donors (Lipinski definition) is 0. The molecule has 19 heavy (non-hydrogen) atoms. The van der Waals surface area contributed by atoms with E-state index in [1.54, 1.807) is 0 Å². The first kappa shape index (κ1) is 12.9. The SMILES string of the molecule is CC(C)N1CCCC1Cc1cn2cccc(Cl)c2n1. The molecular formula is C15H20ClN3. The molecule has 0 saturated carbocycles. The zero-order valence-electron chi connectivity index (χ0n) is 11.5. The highest BCUT2D eigenvalue weighted by Gasteiger charge is 2.27. The van der Waals surface area contributed by atoms with Crippen molar-refractivity contribution in [1.29, 1.82) is 0 Å². The molecule has 4 heteroatoms. The van der Waals surface area contributed by atoms with Crippen molar-refractivity contribution in [3.05, 3.63) is 35.2 Å². The van der Waals surface area contributed by atoms with E-state index in [4.69, 9.17) is 11.6 Å². The van der Waals surface area contributed by atoms with Gasteiger partial charge in [0.05, 0.1) is 10.7 Å². The summed E-state index contributed by atoms with van der Waals surface area (Å²) in [6.45, 7) is 5.77. The molecule has 0 amide bonds. The lowest BCUT2D eigenvalue weighted by molar-refractivity contribution is 0.202. The van der Waals surface area contributed by atoms with Crippen LogP contribution in [0.25, 0.3) is 5.65 Å². The number of nitrogens with zero attached hydrogens (tertiary/aromatic N) is 3. The quantitative estimate of drug-likeness (QED) is 0.857. The third-order valence-corrected chi connectivity index (χ3v) is 4.31. The molecule has 0 aromatic carbocycles. The molecule has 0 N–H and O–H groups in total. The third-order valence-electron chi connectivity index (χ3n) is 4.02. The van der Waals surface area contributed by atoms with Gasteiger partial charge in [0.25, 0.3) is 0 Å². The van der Waals surface area contributed by atoms with Crippen molar-refractivity contribution < 1.29 is 0 Å². The first-order valence-electron chi connectivity index (χ1n) is 7.03. The van der Waals surface area contributed by atoms with E-state index in [1.165, 1.54) is 19.4 Å². The second-order valence-corrected chi connectivity index (χ2v) is 6.06. The van der Waals surface area contributed by atoms with E-state index < -0.39 is 0 Å². The van der Waals surface area contributed by atoms with E-state index >= 15 is 0 Å². The molecule has 1 aliphatic rings. The molecule has 1 aliphatic heterocycles. The number of rotatable bonds is 3.